The highest BCUT2D eigenvalue weighted by molar-refractivity contribution is 7.90. The minimum atomic E-state index is -4.26. The summed E-state index contributed by atoms with van der Waals surface area (Å²) in [6.07, 6.45) is 2.14. The number of nitrogens with zero attached hydrogens (tertiary/aromatic N) is 1. The van der Waals surface area contributed by atoms with E-state index in [9.17, 15) is 22.8 Å². The molecule has 0 saturated heterocycles. The number of rotatable bonds is 5. The van der Waals surface area contributed by atoms with Gasteiger partial charge in [-0.2, -0.15) is 0 Å². The molecule has 0 bridgehead atoms. The van der Waals surface area contributed by atoms with Crippen LogP contribution in [-0.4, -0.2) is 31.1 Å². The molecule has 0 aliphatic carbocycles. The fourth-order valence-corrected chi connectivity index (χ4v) is 4.03. The van der Waals surface area contributed by atoms with Gasteiger partial charge in [0.1, 0.15) is 5.69 Å². The van der Waals surface area contributed by atoms with Crippen molar-refractivity contribution in [1.29, 1.82) is 0 Å². The molecular weight excluding hydrogens is 406 g/mol. The van der Waals surface area contributed by atoms with E-state index in [0.29, 0.717) is 6.42 Å². The number of imide groups is 1. The molecule has 3 aromatic rings. The predicted octanol–water partition coefficient (Wildman–Crippen LogP) is 1.67. The first-order chi connectivity index (χ1) is 14.3. The molecule has 3 amide bonds. The van der Waals surface area contributed by atoms with Crippen molar-refractivity contribution in [2.24, 2.45) is 0 Å². The second-order valence-corrected chi connectivity index (χ2v) is 8.32. The Labute approximate surface area is 172 Å². The van der Waals surface area contributed by atoms with Gasteiger partial charge in [-0.1, -0.05) is 36.4 Å². The van der Waals surface area contributed by atoms with Crippen LogP contribution in [0.1, 0.15) is 42.3 Å². The molecule has 0 saturated carbocycles. The molecule has 1 aromatic heterocycles. The molecule has 0 unspecified atom stereocenters. The molecule has 0 radical (unpaired) electrons. The van der Waals surface area contributed by atoms with Crippen molar-refractivity contribution in [2.75, 3.05) is 0 Å². The van der Waals surface area contributed by atoms with Crippen molar-refractivity contribution in [1.82, 2.24) is 15.0 Å². The van der Waals surface area contributed by atoms with Crippen molar-refractivity contribution in [2.45, 2.75) is 11.3 Å². The van der Waals surface area contributed by atoms with E-state index >= 15 is 0 Å². The number of pyridine rings is 1. The topological polar surface area (TPSA) is 122 Å². The van der Waals surface area contributed by atoms with Crippen LogP contribution in [0.4, 0.5) is 0 Å². The minimum Gasteiger partial charge on any atom is -0.288 e. The summed E-state index contributed by atoms with van der Waals surface area (Å²) in [7, 11) is -4.26. The number of sulfonamides is 1. The number of carbonyl (C=O) groups is 3. The summed E-state index contributed by atoms with van der Waals surface area (Å²) in [4.78, 5) is 39.4. The van der Waals surface area contributed by atoms with E-state index in [1.165, 1.54) is 18.3 Å². The Morgan fingerprint density at radius 1 is 0.900 bits per heavy atom. The summed E-state index contributed by atoms with van der Waals surface area (Å²) in [5, 5.41) is 2.08. The Bertz CT molecular complexity index is 1270. The smallest absolute Gasteiger partial charge is 0.283 e. The highest BCUT2D eigenvalue weighted by Gasteiger charge is 2.29. The average molecular weight is 421 g/mol. The second-order valence-electron chi connectivity index (χ2n) is 6.64. The molecule has 30 heavy (non-hydrogen) atoms. The number of nitrogens with one attached hydrogen (secondary N) is 2. The first kappa shape index (κ1) is 19.5. The van der Waals surface area contributed by atoms with Crippen LogP contribution in [0, 0.1) is 0 Å². The third-order valence-corrected chi connectivity index (χ3v) is 5.88. The summed E-state index contributed by atoms with van der Waals surface area (Å²) < 4.78 is 27.0. The largest absolute Gasteiger partial charge is 0.288 e. The van der Waals surface area contributed by atoms with Crippen LogP contribution in [0.3, 0.4) is 0 Å². The van der Waals surface area contributed by atoms with E-state index in [2.05, 4.69) is 10.3 Å². The molecule has 1 aliphatic heterocycles. The lowest BCUT2D eigenvalue weighted by atomic mass is 10.1. The Hall–Kier alpha value is -3.85. The Balaban J connectivity index is 1.50. The summed E-state index contributed by atoms with van der Waals surface area (Å²) in [5.41, 5.74) is 1.91. The fourth-order valence-electron chi connectivity index (χ4n) is 3.04. The van der Waals surface area contributed by atoms with Gasteiger partial charge < -0.3 is 0 Å². The number of aromatic nitrogens is 1. The highest BCUT2D eigenvalue weighted by Crippen LogP contribution is 2.20. The van der Waals surface area contributed by atoms with Crippen LogP contribution < -0.4 is 10.0 Å². The maximum atomic E-state index is 12.5. The van der Waals surface area contributed by atoms with Crippen molar-refractivity contribution < 1.29 is 22.8 Å². The van der Waals surface area contributed by atoms with E-state index in [0.717, 1.165) is 23.3 Å². The van der Waals surface area contributed by atoms with Crippen molar-refractivity contribution >= 4 is 27.7 Å². The zero-order chi connectivity index (χ0) is 21.3. The lowest BCUT2D eigenvalue weighted by Crippen LogP contribution is -2.31. The number of hydrogen-bond acceptors (Lipinski definition) is 6. The molecule has 9 heteroatoms. The Morgan fingerprint density at radius 3 is 2.33 bits per heavy atom. The van der Waals surface area contributed by atoms with Crippen molar-refractivity contribution in [3.63, 3.8) is 0 Å². The molecule has 8 nitrogen and oxygen atoms in total. The van der Waals surface area contributed by atoms with Gasteiger partial charge in [0.2, 0.25) is 0 Å². The SMILES string of the molecule is O=C(NS(=O)(=O)c1ccc2c(c1)C(=O)NC2=O)c1ccc(Cc2ccccc2)cn1. The first-order valence-corrected chi connectivity index (χ1v) is 10.4. The summed E-state index contributed by atoms with van der Waals surface area (Å²) in [6.45, 7) is 0. The Kier molecular flexibility index (Phi) is 4.88. The first-order valence-electron chi connectivity index (χ1n) is 8.89. The summed E-state index contributed by atoms with van der Waals surface area (Å²) in [6, 6.07) is 16.3. The van der Waals surface area contributed by atoms with Crippen molar-refractivity contribution in [3.05, 3.63) is 94.8 Å². The molecule has 2 aromatic carbocycles. The van der Waals surface area contributed by atoms with E-state index in [1.54, 1.807) is 6.07 Å². The number of fused-ring (bicyclic) bond motifs is 1. The van der Waals surface area contributed by atoms with Crippen LogP contribution in [0.2, 0.25) is 0 Å². The molecule has 0 fully saturated rings. The number of amides is 3. The summed E-state index contributed by atoms with van der Waals surface area (Å²) in [5.74, 6) is -2.18. The van der Waals surface area contributed by atoms with Crippen LogP contribution in [0.15, 0.2) is 71.8 Å². The maximum absolute atomic E-state index is 12.5. The highest BCUT2D eigenvalue weighted by atomic mass is 32.2. The van der Waals surface area contributed by atoms with Gasteiger partial charge in [0.05, 0.1) is 16.0 Å². The van der Waals surface area contributed by atoms with E-state index in [4.69, 9.17) is 0 Å². The molecule has 0 atom stereocenters. The van der Waals surface area contributed by atoms with Crippen LogP contribution in [0.5, 0.6) is 0 Å². The standard InChI is InChI=1S/C21H15N3O5S/c25-19-16-8-7-15(11-17(16)20(26)23-19)30(28,29)24-21(27)18-9-6-14(12-22-18)10-13-4-2-1-3-5-13/h1-9,11-12H,10H2,(H,24,27)(H,23,25,26). The Morgan fingerprint density at radius 2 is 1.63 bits per heavy atom. The zero-order valence-corrected chi connectivity index (χ0v) is 16.3. The monoisotopic (exact) mass is 421 g/mol. The average Bonchev–Trinajstić information content (AvgIpc) is 3.02. The summed E-state index contributed by atoms with van der Waals surface area (Å²) >= 11 is 0. The van der Waals surface area contributed by atoms with Gasteiger partial charge in [-0.05, 0) is 41.8 Å². The van der Waals surface area contributed by atoms with Gasteiger partial charge in [-0.3, -0.25) is 24.7 Å². The normalized spacial score (nSPS) is 12.9. The number of hydrogen-bond donors (Lipinski definition) is 2. The van der Waals surface area contributed by atoms with Crippen LogP contribution >= 0.6 is 0 Å². The van der Waals surface area contributed by atoms with Gasteiger partial charge in [0, 0.05) is 6.20 Å². The van der Waals surface area contributed by atoms with Gasteiger partial charge in [0.25, 0.3) is 27.7 Å². The minimum absolute atomic E-state index is 0.0567. The van der Waals surface area contributed by atoms with Crippen LogP contribution in [0.25, 0.3) is 0 Å². The van der Waals surface area contributed by atoms with E-state index < -0.39 is 27.7 Å². The van der Waals surface area contributed by atoms with E-state index in [-0.39, 0.29) is 21.7 Å². The lowest BCUT2D eigenvalue weighted by Gasteiger charge is -2.08. The maximum Gasteiger partial charge on any atom is 0.283 e. The van der Waals surface area contributed by atoms with Crippen molar-refractivity contribution in [3.8, 4) is 0 Å². The molecule has 1 aliphatic rings. The van der Waals surface area contributed by atoms with Gasteiger partial charge in [0.15, 0.2) is 0 Å². The van der Waals surface area contributed by atoms with Gasteiger partial charge in [-0.25, -0.2) is 13.1 Å². The molecule has 4 rings (SSSR count). The molecule has 2 N–H and O–H groups in total. The molecular formula is C21H15N3O5S. The third kappa shape index (κ3) is 3.83. The quantitative estimate of drug-likeness (QED) is 0.605. The predicted molar refractivity (Wildman–Crippen MR) is 106 cm³/mol. The van der Waals surface area contributed by atoms with Crippen LogP contribution in [-0.2, 0) is 16.4 Å². The number of benzene rings is 2. The van der Waals surface area contributed by atoms with E-state index in [1.807, 2.05) is 35.1 Å². The zero-order valence-electron chi connectivity index (χ0n) is 15.5. The van der Waals surface area contributed by atoms with Gasteiger partial charge in [-0.15, -0.1) is 0 Å². The molecule has 2 heterocycles. The molecule has 150 valence electrons. The molecule has 0 spiro atoms. The second kappa shape index (κ2) is 7.53. The number of carbonyl (C=O) groups excluding carboxylic acids is 3. The third-order valence-electron chi connectivity index (χ3n) is 4.55. The lowest BCUT2D eigenvalue weighted by molar-refractivity contribution is 0.0878. The fraction of sp³-hybridized carbons (Fsp3) is 0.0476. The van der Waals surface area contributed by atoms with Gasteiger partial charge >= 0.3 is 0 Å².